The van der Waals surface area contributed by atoms with Gasteiger partial charge in [0.1, 0.15) is 11.5 Å². The van der Waals surface area contributed by atoms with Gasteiger partial charge in [-0.05, 0) is 32.8 Å². The topological polar surface area (TPSA) is 94.5 Å². The lowest BCUT2D eigenvalue weighted by Crippen LogP contribution is -2.61. The largest absolute Gasteiger partial charge is 0.466 e. The lowest BCUT2D eigenvalue weighted by atomic mass is 9.78. The molecule has 1 fully saturated rings. The first-order valence-corrected chi connectivity index (χ1v) is 9.68. The lowest BCUT2D eigenvalue weighted by Gasteiger charge is -2.46. The highest BCUT2D eigenvalue weighted by atomic mass is 16.3. The molecule has 2 aromatic rings. The van der Waals surface area contributed by atoms with Crippen molar-refractivity contribution in [1.82, 2.24) is 25.1 Å². The number of carbonyl (C=O) groups is 2. The van der Waals surface area contributed by atoms with Gasteiger partial charge >= 0.3 is 0 Å². The standard InChI is InChI=1S/C20H27N5O3/c1-12-9-14(13(2)28-12)18(26)25-7-5-20(6-8-25)17-15(21-11-22-17)10-16(23-20)19(27)24(3)4/h9,11,16,23H,5-8,10H2,1-4H3,(H,21,22)/t16-/m0/s1. The van der Waals surface area contributed by atoms with E-state index in [-0.39, 0.29) is 23.4 Å². The Morgan fingerprint density at radius 2 is 2.00 bits per heavy atom. The van der Waals surface area contributed by atoms with E-state index in [2.05, 4.69) is 15.3 Å². The number of hydrogen-bond donors (Lipinski definition) is 2. The van der Waals surface area contributed by atoms with Gasteiger partial charge < -0.3 is 19.2 Å². The summed E-state index contributed by atoms with van der Waals surface area (Å²) >= 11 is 0. The van der Waals surface area contributed by atoms with Gasteiger partial charge in [-0.15, -0.1) is 0 Å². The molecule has 0 bridgehead atoms. The number of aromatic amines is 1. The molecule has 0 saturated carbocycles. The van der Waals surface area contributed by atoms with Crippen molar-refractivity contribution in [2.24, 2.45) is 0 Å². The molecule has 2 amide bonds. The molecule has 0 aliphatic carbocycles. The van der Waals surface area contributed by atoms with Gasteiger partial charge in [-0.2, -0.15) is 0 Å². The molecule has 1 atom stereocenters. The third-order valence-corrected chi connectivity index (χ3v) is 5.94. The summed E-state index contributed by atoms with van der Waals surface area (Å²) in [7, 11) is 3.55. The van der Waals surface area contributed by atoms with E-state index in [1.54, 1.807) is 31.4 Å². The number of nitrogens with zero attached hydrogens (tertiary/aromatic N) is 3. The van der Waals surface area contributed by atoms with Gasteiger partial charge in [-0.25, -0.2) is 4.98 Å². The SMILES string of the molecule is Cc1cc(C(=O)N2CCC3(CC2)N[C@H](C(=O)N(C)C)Cc2[nH]cnc23)c(C)o1. The maximum atomic E-state index is 12.9. The molecule has 2 aromatic heterocycles. The Kier molecular flexibility index (Phi) is 4.53. The second-order valence-corrected chi connectivity index (χ2v) is 8.06. The minimum absolute atomic E-state index is 0.00294. The van der Waals surface area contributed by atoms with Crippen molar-refractivity contribution < 1.29 is 14.0 Å². The number of H-pyrrole nitrogens is 1. The molecule has 0 unspecified atom stereocenters. The number of furan rings is 1. The van der Waals surface area contributed by atoms with Crippen molar-refractivity contribution in [1.29, 1.82) is 0 Å². The van der Waals surface area contributed by atoms with E-state index in [0.717, 1.165) is 17.1 Å². The fraction of sp³-hybridized carbons (Fsp3) is 0.550. The van der Waals surface area contributed by atoms with Crippen LogP contribution in [0.5, 0.6) is 0 Å². The Hall–Kier alpha value is -2.61. The summed E-state index contributed by atoms with van der Waals surface area (Å²) < 4.78 is 5.52. The Morgan fingerprint density at radius 1 is 1.29 bits per heavy atom. The van der Waals surface area contributed by atoms with Crippen molar-refractivity contribution in [2.45, 2.75) is 44.7 Å². The summed E-state index contributed by atoms with van der Waals surface area (Å²) in [5.41, 5.74) is 2.24. The molecular weight excluding hydrogens is 358 g/mol. The molecular formula is C20H27N5O3. The minimum Gasteiger partial charge on any atom is -0.466 e. The number of carbonyl (C=O) groups excluding carboxylic acids is 2. The van der Waals surface area contributed by atoms with Crippen LogP contribution >= 0.6 is 0 Å². The van der Waals surface area contributed by atoms with Crippen LogP contribution in [-0.2, 0) is 16.8 Å². The zero-order valence-electron chi connectivity index (χ0n) is 16.8. The van der Waals surface area contributed by atoms with E-state index in [4.69, 9.17) is 4.42 Å². The van der Waals surface area contributed by atoms with E-state index >= 15 is 0 Å². The number of piperidine rings is 1. The summed E-state index contributed by atoms with van der Waals surface area (Å²) in [4.78, 5) is 36.8. The Bertz CT molecular complexity index is 905. The van der Waals surface area contributed by atoms with Crippen LogP contribution in [0.2, 0.25) is 0 Å². The molecule has 4 heterocycles. The Balaban J connectivity index is 1.55. The van der Waals surface area contributed by atoms with Crippen LogP contribution in [0.3, 0.4) is 0 Å². The van der Waals surface area contributed by atoms with Gasteiger partial charge in [-0.1, -0.05) is 0 Å². The molecule has 8 heteroatoms. The van der Waals surface area contributed by atoms with Gasteiger partial charge in [0.15, 0.2) is 0 Å². The minimum atomic E-state index is -0.387. The average Bonchev–Trinajstić information content (AvgIpc) is 3.27. The summed E-state index contributed by atoms with van der Waals surface area (Å²) in [5, 5.41) is 3.58. The molecule has 4 rings (SSSR count). The van der Waals surface area contributed by atoms with Gasteiger partial charge in [0.25, 0.3) is 5.91 Å². The molecule has 28 heavy (non-hydrogen) atoms. The van der Waals surface area contributed by atoms with Crippen LogP contribution in [0, 0.1) is 13.8 Å². The zero-order chi connectivity index (χ0) is 20.1. The third kappa shape index (κ3) is 3.01. The van der Waals surface area contributed by atoms with Crippen LogP contribution in [0.25, 0.3) is 0 Å². The number of likely N-dealkylation sites (N-methyl/N-ethyl adjacent to an activating group) is 1. The maximum absolute atomic E-state index is 12.9. The number of fused-ring (bicyclic) bond motifs is 2. The van der Waals surface area contributed by atoms with Crippen LogP contribution < -0.4 is 5.32 Å². The van der Waals surface area contributed by atoms with Crippen molar-refractivity contribution in [3.05, 3.63) is 40.9 Å². The molecule has 2 aliphatic rings. The number of imidazole rings is 1. The molecule has 0 radical (unpaired) electrons. The number of likely N-dealkylation sites (tertiary alicyclic amines) is 1. The van der Waals surface area contributed by atoms with E-state index in [1.165, 1.54) is 0 Å². The molecule has 1 saturated heterocycles. The fourth-order valence-electron chi connectivity index (χ4n) is 4.49. The van der Waals surface area contributed by atoms with Crippen molar-refractivity contribution in [2.75, 3.05) is 27.2 Å². The second kappa shape index (κ2) is 6.77. The quantitative estimate of drug-likeness (QED) is 0.814. The summed E-state index contributed by atoms with van der Waals surface area (Å²) in [6, 6.07) is 1.52. The first-order valence-electron chi connectivity index (χ1n) is 9.68. The predicted molar refractivity (Wildman–Crippen MR) is 103 cm³/mol. The number of aryl methyl sites for hydroxylation is 2. The first kappa shape index (κ1) is 18.7. The van der Waals surface area contributed by atoms with Crippen LogP contribution in [0.4, 0.5) is 0 Å². The lowest BCUT2D eigenvalue weighted by molar-refractivity contribution is -0.132. The fourth-order valence-corrected chi connectivity index (χ4v) is 4.49. The van der Waals surface area contributed by atoms with E-state index in [1.807, 2.05) is 18.7 Å². The third-order valence-electron chi connectivity index (χ3n) is 5.94. The van der Waals surface area contributed by atoms with Gasteiger partial charge in [0, 0.05) is 39.3 Å². The average molecular weight is 385 g/mol. The molecule has 2 N–H and O–H groups in total. The molecule has 2 aliphatic heterocycles. The first-order chi connectivity index (χ1) is 13.3. The smallest absolute Gasteiger partial charge is 0.257 e. The molecule has 0 aromatic carbocycles. The number of aromatic nitrogens is 2. The van der Waals surface area contributed by atoms with Crippen LogP contribution in [-0.4, -0.2) is 64.8 Å². The van der Waals surface area contributed by atoms with Crippen molar-refractivity contribution in [3.63, 3.8) is 0 Å². The van der Waals surface area contributed by atoms with E-state index in [9.17, 15) is 9.59 Å². The second-order valence-electron chi connectivity index (χ2n) is 8.06. The van der Waals surface area contributed by atoms with Crippen LogP contribution in [0.15, 0.2) is 16.8 Å². The summed E-state index contributed by atoms with van der Waals surface area (Å²) in [6.45, 7) is 4.87. The number of hydrogen-bond acceptors (Lipinski definition) is 5. The normalized spacial score (nSPS) is 20.9. The van der Waals surface area contributed by atoms with Gasteiger partial charge in [0.2, 0.25) is 5.91 Å². The van der Waals surface area contributed by atoms with E-state index < -0.39 is 0 Å². The molecule has 8 nitrogen and oxygen atoms in total. The van der Waals surface area contributed by atoms with Gasteiger partial charge in [0.05, 0.1) is 29.2 Å². The summed E-state index contributed by atoms with van der Waals surface area (Å²) in [5.74, 6) is 1.46. The highest BCUT2D eigenvalue weighted by Crippen LogP contribution is 2.38. The number of amides is 2. The van der Waals surface area contributed by atoms with Crippen LogP contribution in [0.1, 0.15) is 46.1 Å². The highest BCUT2D eigenvalue weighted by molar-refractivity contribution is 5.95. The number of rotatable bonds is 2. The Morgan fingerprint density at radius 3 is 2.61 bits per heavy atom. The molecule has 1 spiro atoms. The maximum Gasteiger partial charge on any atom is 0.257 e. The predicted octanol–water partition coefficient (Wildman–Crippen LogP) is 1.35. The number of nitrogens with one attached hydrogen (secondary N) is 2. The zero-order valence-corrected chi connectivity index (χ0v) is 16.8. The monoisotopic (exact) mass is 385 g/mol. The summed E-state index contributed by atoms with van der Waals surface area (Å²) in [6.07, 6.45) is 3.73. The van der Waals surface area contributed by atoms with Crippen molar-refractivity contribution >= 4 is 11.8 Å². The van der Waals surface area contributed by atoms with Gasteiger partial charge in [-0.3, -0.25) is 14.9 Å². The molecule has 150 valence electrons. The van der Waals surface area contributed by atoms with E-state index in [0.29, 0.717) is 43.7 Å². The van der Waals surface area contributed by atoms with Crippen molar-refractivity contribution in [3.8, 4) is 0 Å². The highest BCUT2D eigenvalue weighted by Gasteiger charge is 2.46. The Labute approximate surface area is 164 Å².